The highest BCUT2D eigenvalue weighted by molar-refractivity contribution is 8.18. The van der Waals surface area contributed by atoms with Gasteiger partial charge in [0.2, 0.25) is 0 Å². The first-order valence-corrected chi connectivity index (χ1v) is 6.42. The fourth-order valence-corrected chi connectivity index (χ4v) is 2.72. The third-order valence-electron chi connectivity index (χ3n) is 2.29. The highest BCUT2D eigenvalue weighted by Crippen LogP contribution is 2.35. The van der Waals surface area contributed by atoms with Crippen LogP contribution in [0.15, 0.2) is 23.1 Å². The second-order valence-corrected chi connectivity index (χ2v) is 5.19. The van der Waals surface area contributed by atoms with E-state index in [9.17, 15) is 9.59 Å². The molecule has 0 bridgehead atoms. The number of amides is 2. The lowest BCUT2D eigenvalue weighted by Gasteiger charge is -2.06. The number of benzene rings is 1. The summed E-state index contributed by atoms with van der Waals surface area (Å²) in [7, 11) is 0. The van der Waals surface area contributed by atoms with Gasteiger partial charge in [-0.15, -0.1) is 0 Å². The van der Waals surface area contributed by atoms with Crippen LogP contribution >= 0.6 is 35.0 Å². The molecule has 4 nitrogen and oxygen atoms in total. The van der Waals surface area contributed by atoms with Gasteiger partial charge in [-0.25, -0.2) is 4.90 Å². The molecule has 1 aromatic carbocycles. The number of hydrogen-bond acceptors (Lipinski definition) is 4. The van der Waals surface area contributed by atoms with Gasteiger partial charge in [0.25, 0.3) is 11.1 Å². The first kappa shape index (κ1) is 13.4. The van der Waals surface area contributed by atoms with Crippen LogP contribution in [-0.4, -0.2) is 27.9 Å². The highest BCUT2D eigenvalue weighted by atomic mass is 35.5. The first-order chi connectivity index (χ1) is 8.54. The van der Waals surface area contributed by atoms with Crippen LogP contribution in [0.1, 0.15) is 5.56 Å². The second kappa shape index (κ2) is 5.32. The van der Waals surface area contributed by atoms with Gasteiger partial charge < -0.3 is 5.11 Å². The van der Waals surface area contributed by atoms with Gasteiger partial charge in [0.15, 0.2) is 0 Å². The van der Waals surface area contributed by atoms with Crippen molar-refractivity contribution in [3.63, 3.8) is 0 Å². The Kier molecular flexibility index (Phi) is 3.97. The molecule has 1 aliphatic rings. The van der Waals surface area contributed by atoms with Crippen LogP contribution in [0.5, 0.6) is 0 Å². The molecule has 1 N–H and O–H groups in total. The molecular weight excluding hydrogens is 297 g/mol. The normalized spacial score (nSPS) is 17.9. The fourth-order valence-electron chi connectivity index (χ4n) is 1.40. The Morgan fingerprint density at radius 1 is 1.28 bits per heavy atom. The molecule has 94 valence electrons. The lowest BCUT2D eigenvalue weighted by Crippen LogP contribution is -2.28. The number of carbonyl (C=O) groups is 2. The summed E-state index contributed by atoms with van der Waals surface area (Å²) in [4.78, 5) is 24.1. The van der Waals surface area contributed by atoms with E-state index in [0.29, 0.717) is 15.6 Å². The maximum atomic E-state index is 11.7. The molecule has 0 spiro atoms. The molecule has 1 fully saturated rings. The highest BCUT2D eigenvalue weighted by Gasteiger charge is 2.34. The Morgan fingerprint density at radius 3 is 2.39 bits per heavy atom. The Hall–Kier alpha value is -1.01. The minimum absolute atomic E-state index is 0.184. The molecule has 2 rings (SSSR count). The topological polar surface area (TPSA) is 57.6 Å². The van der Waals surface area contributed by atoms with Crippen molar-refractivity contribution in [3.05, 3.63) is 38.7 Å². The van der Waals surface area contributed by atoms with Gasteiger partial charge in [-0.1, -0.05) is 29.3 Å². The minimum atomic E-state index is -0.641. The van der Waals surface area contributed by atoms with Crippen LogP contribution in [0.3, 0.4) is 0 Å². The van der Waals surface area contributed by atoms with Crippen molar-refractivity contribution >= 4 is 52.2 Å². The summed E-state index contributed by atoms with van der Waals surface area (Å²) in [5.41, 5.74) is 0.476. The van der Waals surface area contributed by atoms with Crippen LogP contribution in [-0.2, 0) is 4.79 Å². The van der Waals surface area contributed by atoms with E-state index >= 15 is 0 Å². The average Bonchev–Trinajstić information content (AvgIpc) is 2.59. The third kappa shape index (κ3) is 2.40. The molecule has 0 aliphatic carbocycles. The predicted octanol–water partition coefficient (Wildman–Crippen LogP) is 2.98. The molecule has 1 aliphatic heterocycles. The SMILES string of the molecule is O=C1S/C(=C\c2c(Cl)cccc2Cl)C(=O)N1CO. The lowest BCUT2D eigenvalue weighted by molar-refractivity contribution is -0.125. The van der Waals surface area contributed by atoms with E-state index in [1.54, 1.807) is 18.2 Å². The molecule has 2 amide bonds. The Balaban J connectivity index is 2.41. The predicted molar refractivity (Wildman–Crippen MR) is 71.4 cm³/mol. The molecular formula is C11H7Cl2NO3S. The van der Waals surface area contributed by atoms with Crippen LogP contribution in [0.2, 0.25) is 10.0 Å². The fraction of sp³-hybridized carbons (Fsp3) is 0.0909. The van der Waals surface area contributed by atoms with Gasteiger partial charge in [0.05, 0.1) is 4.91 Å². The minimum Gasteiger partial charge on any atom is -0.376 e. The third-order valence-corrected chi connectivity index (χ3v) is 3.86. The molecule has 0 unspecified atom stereocenters. The Labute approximate surface area is 117 Å². The van der Waals surface area contributed by atoms with Gasteiger partial charge in [-0.3, -0.25) is 9.59 Å². The number of hydrogen-bond donors (Lipinski definition) is 1. The summed E-state index contributed by atoms with van der Waals surface area (Å²) in [6, 6.07) is 4.95. The summed E-state index contributed by atoms with van der Waals surface area (Å²) < 4.78 is 0. The summed E-state index contributed by atoms with van der Waals surface area (Å²) >= 11 is 12.7. The lowest BCUT2D eigenvalue weighted by atomic mass is 10.2. The van der Waals surface area contributed by atoms with Crippen LogP contribution in [0.4, 0.5) is 4.79 Å². The number of aliphatic hydroxyl groups is 1. The molecule has 0 atom stereocenters. The van der Waals surface area contributed by atoms with Crippen LogP contribution < -0.4 is 0 Å². The maximum absolute atomic E-state index is 11.7. The van der Waals surface area contributed by atoms with Gasteiger partial charge in [-0.2, -0.15) is 0 Å². The van der Waals surface area contributed by atoms with E-state index < -0.39 is 17.9 Å². The van der Waals surface area contributed by atoms with E-state index in [1.807, 2.05) is 0 Å². The van der Waals surface area contributed by atoms with Gasteiger partial charge in [-0.05, 0) is 30.0 Å². The van der Waals surface area contributed by atoms with Crippen molar-refractivity contribution in [2.24, 2.45) is 0 Å². The van der Waals surface area contributed by atoms with Crippen molar-refractivity contribution in [1.82, 2.24) is 4.90 Å². The molecule has 0 aromatic heterocycles. The van der Waals surface area contributed by atoms with E-state index in [0.717, 1.165) is 16.7 Å². The second-order valence-electron chi connectivity index (χ2n) is 3.39. The standard InChI is InChI=1S/C11H7Cl2NO3S/c12-7-2-1-3-8(13)6(7)4-9-10(16)14(5-15)11(17)18-9/h1-4,15H,5H2/b9-4-. The number of rotatable bonds is 2. The first-order valence-electron chi connectivity index (χ1n) is 4.85. The van der Waals surface area contributed by atoms with E-state index in [4.69, 9.17) is 28.3 Å². The van der Waals surface area contributed by atoms with Crippen molar-refractivity contribution in [3.8, 4) is 0 Å². The maximum Gasteiger partial charge on any atom is 0.295 e. The molecule has 0 radical (unpaired) electrons. The van der Waals surface area contributed by atoms with Gasteiger partial charge >= 0.3 is 0 Å². The van der Waals surface area contributed by atoms with Crippen molar-refractivity contribution in [2.75, 3.05) is 6.73 Å². The van der Waals surface area contributed by atoms with E-state index in [2.05, 4.69) is 0 Å². The molecule has 1 saturated heterocycles. The van der Waals surface area contributed by atoms with Gasteiger partial charge in [0, 0.05) is 15.6 Å². The Bertz CT molecular complexity index is 539. The zero-order valence-electron chi connectivity index (χ0n) is 8.89. The van der Waals surface area contributed by atoms with Crippen molar-refractivity contribution < 1.29 is 14.7 Å². The zero-order valence-corrected chi connectivity index (χ0v) is 11.2. The number of carbonyl (C=O) groups excluding carboxylic acids is 2. The largest absolute Gasteiger partial charge is 0.376 e. The zero-order chi connectivity index (χ0) is 13.3. The quantitative estimate of drug-likeness (QED) is 0.853. The van der Waals surface area contributed by atoms with Crippen molar-refractivity contribution in [2.45, 2.75) is 0 Å². The number of thioether (sulfide) groups is 1. The number of nitrogens with zero attached hydrogens (tertiary/aromatic N) is 1. The summed E-state index contributed by atoms with van der Waals surface area (Å²) in [6.45, 7) is -0.641. The molecule has 1 aromatic rings. The van der Waals surface area contributed by atoms with E-state index in [-0.39, 0.29) is 4.91 Å². The Morgan fingerprint density at radius 2 is 1.89 bits per heavy atom. The number of imide groups is 1. The summed E-state index contributed by atoms with van der Waals surface area (Å²) in [6.07, 6.45) is 1.45. The van der Waals surface area contributed by atoms with Crippen LogP contribution in [0, 0.1) is 0 Å². The van der Waals surface area contributed by atoms with Gasteiger partial charge in [0.1, 0.15) is 6.73 Å². The number of halogens is 2. The monoisotopic (exact) mass is 303 g/mol. The molecule has 1 heterocycles. The number of aliphatic hydroxyl groups excluding tert-OH is 1. The molecule has 7 heteroatoms. The molecule has 0 saturated carbocycles. The molecule has 18 heavy (non-hydrogen) atoms. The smallest absolute Gasteiger partial charge is 0.295 e. The summed E-state index contributed by atoms with van der Waals surface area (Å²) in [5.74, 6) is -0.552. The van der Waals surface area contributed by atoms with E-state index in [1.165, 1.54) is 6.08 Å². The average molecular weight is 304 g/mol. The van der Waals surface area contributed by atoms with Crippen LogP contribution in [0.25, 0.3) is 6.08 Å². The van der Waals surface area contributed by atoms with Crippen molar-refractivity contribution in [1.29, 1.82) is 0 Å². The summed E-state index contributed by atoms with van der Waals surface area (Å²) in [5, 5.41) is 9.15.